The van der Waals surface area contributed by atoms with E-state index in [4.69, 9.17) is 10.8 Å². The number of hydrogen-bond donors (Lipinski definition) is 2. The normalized spacial score (nSPS) is 11.9. The van der Waals surface area contributed by atoms with Crippen molar-refractivity contribution in [2.75, 3.05) is 0 Å². The molecule has 0 saturated heterocycles. The predicted molar refractivity (Wildman–Crippen MR) is 84.4 cm³/mol. The Labute approximate surface area is 116 Å². The second-order valence-electron chi connectivity index (χ2n) is 5.31. The Morgan fingerprint density at radius 2 is 1.89 bits per heavy atom. The van der Waals surface area contributed by atoms with Gasteiger partial charge in [-0.2, -0.15) is 0 Å². The number of benzene rings is 1. The van der Waals surface area contributed by atoms with Crippen molar-refractivity contribution in [2.45, 2.75) is 39.5 Å². The molecule has 19 heavy (non-hydrogen) atoms. The second kappa shape index (κ2) is 7.67. The van der Waals surface area contributed by atoms with Gasteiger partial charge >= 0.3 is 0 Å². The first-order valence-electron chi connectivity index (χ1n) is 6.80. The summed E-state index contributed by atoms with van der Waals surface area (Å²) < 4.78 is 0. The van der Waals surface area contributed by atoms with Gasteiger partial charge in [0.15, 0.2) is 0 Å². The fourth-order valence-corrected chi connectivity index (χ4v) is 2.29. The Bertz CT molecular complexity index is 443. The molecule has 0 bridgehead atoms. The molecule has 2 heteroatoms. The largest absolute Gasteiger partial charge is 0.313 e. The Hall–Kier alpha value is -1.70. The fourth-order valence-electron chi connectivity index (χ4n) is 2.29. The van der Waals surface area contributed by atoms with E-state index in [9.17, 15) is 0 Å². The molecule has 0 aliphatic carbocycles. The van der Waals surface area contributed by atoms with Crippen LogP contribution >= 0.6 is 0 Å². The smallest absolute Gasteiger partial charge is 0.00611 e. The third kappa shape index (κ3) is 5.64. The molecule has 2 N–H and O–H groups in total. The summed E-state index contributed by atoms with van der Waals surface area (Å²) in [5.41, 5.74) is 4.31. The minimum atomic E-state index is 0.467. The summed E-state index contributed by atoms with van der Waals surface area (Å²) in [6.45, 7) is 7.82. The summed E-state index contributed by atoms with van der Waals surface area (Å²) in [5, 5.41) is 14.8. The molecule has 0 amide bonds. The van der Waals surface area contributed by atoms with E-state index in [0.717, 1.165) is 37.0 Å². The van der Waals surface area contributed by atoms with Gasteiger partial charge in [0.1, 0.15) is 0 Å². The highest BCUT2D eigenvalue weighted by Crippen LogP contribution is 2.20. The highest BCUT2D eigenvalue weighted by atomic mass is 14.4. The lowest BCUT2D eigenvalue weighted by atomic mass is 9.90. The molecule has 0 aliphatic heterocycles. The number of rotatable bonds is 8. The maximum absolute atomic E-state index is 7.65. The van der Waals surface area contributed by atoms with Crippen molar-refractivity contribution >= 4 is 17.5 Å². The lowest BCUT2D eigenvalue weighted by Gasteiger charge is -2.15. The van der Waals surface area contributed by atoms with Gasteiger partial charge in [-0.15, -0.1) is 0 Å². The zero-order valence-corrected chi connectivity index (χ0v) is 12.0. The van der Waals surface area contributed by atoms with Gasteiger partial charge in [-0.3, -0.25) is 0 Å². The first-order valence-corrected chi connectivity index (χ1v) is 6.80. The summed E-state index contributed by atoms with van der Waals surface area (Å²) >= 11 is 0. The quantitative estimate of drug-likeness (QED) is 0.631. The van der Waals surface area contributed by atoms with Crippen LogP contribution < -0.4 is 0 Å². The van der Waals surface area contributed by atoms with E-state index >= 15 is 0 Å². The van der Waals surface area contributed by atoms with Crippen LogP contribution in [0.3, 0.4) is 0 Å². The van der Waals surface area contributed by atoms with Gasteiger partial charge < -0.3 is 10.8 Å². The molecule has 1 aromatic carbocycles. The number of nitrogens with one attached hydrogen (secondary N) is 2. The Balaban J connectivity index is 2.68. The van der Waals surface area contributed by atoms with Crippen molar-refractivity contribution in [3.8, 4) is 0 Å². The number of allylic oxidation sites excluding steroid dienone is 1. The molecule has 0 aromatic heterocycles. The average Bonchev–Trinajstić information content (AvgIpc) is 2.36. The van der Waals surface area contributed by atoms with Crippen molar-refractivity contribution < 1.29 is 0 Å². The minimum Gasteiger partial charge on any atom is -0.313 e. The lowest BCUT2D eigenvalue weighted by molar-refractivity contribution is 0.512. The zero-order valence-electron chi connectivity index (χ0n) is 12.0. The van der Waals surface area contributed by atoms with Crippen molar-refractivity contribution in [1.82, 2.24) is 0 Å². The van der Waals surface area contributed by atoms with E-state index in [1.54, 1.807) is 0 Å². The SMILES string of the molecule is C=C(C)c1ccc(CC(CCC=N)CC(C)=N)cc1. The molecule has 2 nitrogen and oxygen atoms in total. The van der Waals surface area contributed by atoms with Crippen molar-refractivity contribution in [3.63, 3.8) is 0 Å². The van der Waals surface area contributed by atoms with Gasteiger partial charge in [0.05, 0.1) is 0 Å². The molecule has 1 rings (SSSR count). The van der Waals surface area contributed by atoms with Crippen LogP contribution in [-0.4, -0.2) is 11.9 Å². The van der Waals surface area contributed by atoms with E-state index in [1.807, 2.05) is 13.8 Å². The van der Waals surface area contributed by atoms with Crippen LogP contribution in [0.2, 0.25) is 0 Å². The van der Waals surface area contributed by atoms with Crippen LogP contribution in [0.1, 0.15) is 44.2 Å². The van der Waals surface area contributed by atoms with E-state index in [-0.39, 0.29) is 0 Å². The standard InChI is InChI=1S/C17H24N2/c1-13(2)17-8-6-15(7-9-17)12-16(5-4-10-18)11-14(3)19/h6-10,16,18-19H,1,4-5,11-12H2,2-3H3. The third-order valence-electron chi connectivity index (χ3n) is 3.29. The Morgan fingerprint density at radius 1 is 1.26 bits per heavy atom. The number of hydrogen-bond acceptors (Lipinski definition) is 2. The molecular formula is C17H24N2. The van der Waals surface area contributed by atoms with Crippen LogP contribution in [0.4, 0.5) is 0 Å². The highest BCUT2D eigenvalue weighted by molar-refractivity contribution is 5.78. The van der Waals surface area contributed by atoms with Crippen molar-refractivity contribution in [1.29, 1.82) is 10.8 Å². The summed E-state index contributed by atoms with van der Waals surface area (Å²) in [7, 11) is 0. The first-order chi connectivity index (χ1) is 9.02. The van der Waals surface area contributed by atoms with Crippen LogP contribution in [0.5, 0.6) is 0 Å². The van der Waals surface area contributed by atoms with Gasteiger partial charge in [0.2, 0.25) is 0 Å². The topological polar surface area (TPSA) is 47.7 Å². The second-order valence-corrected chi connectivity index (χ2v) is 5.31. The van der Waals surface area contributed by atoms with E-state index in [2.05, 4.69) is 30.8 Å². The van der Waals surface area contributed by atoms with Gasteiger partial charge in [0, 0.05) is 5.71 Å². The Morgan fingerprint density at radius 3 is 2.37 bits per heavy atom. The van der Waals surface area contributed by atoms with Crippen molar-refractivity contribution in [2.24, 2.45) is 5.92 Å². The lowest BCUT2D eigenvalue weighted by Crippen LogP contribution is -2.09. The van der Waals surface area contributed by atoms with Crippen LogP contribution in [-0.2, 0) is 6.42 Å². The molecule has 102 valence electrons. The molecule has 0 aliphatic rings. The van der Waals surface area contributed by atoms with Gasteiger partial charge in [-0.25, -0.2) is 0 Å². The summed E-state index contributed by atoms with van der Waals surface area (Å²) in [4.78, 5) is 0. The zero-order chi connectivity index (χ0) is 14.3. The van der Waals surface area contributed by atoms with Crippen molar-refractivity contribution in [3.05, 3.63) is 42.0 Å². The molecule has 0 saturated carbocycles. The van der Waals surface area contributed by atoms with E-state index in [0.29, 0.717) is 5.92 Å². The van der Waals surface area contributed by atoms with Gasteiger partial charge in [-0.1, -0.05) is 36.4 Å². The third-order valence-corrected chi connectivity index (χ3v) is 3.29. The molecule has 0 spiro atoms. The summed E-state index contributed by atoms with van der Waals surface area (Å²) in [5.74, 6) is 0.467. The Kier molecular flexibility index (Phi) is 6.20. The van der Waals surface area contributed by atoms with Crippen LogP contribution in [0, 0.1) is 16.7 Å². The van der Waals surface area contributed by atoms with Crippen LogP contribution in [0.25, 0.3) is 5.57 Å². The summed E-state index contributed by atoms with van der Waals surface area (Å²) in [6, 6.07) is 8.53. The highest BCUT2D eigenvalue weighted by Gasteiger charge is 2.10. The van der Waals surface area contributed by atoms with Gasteiger partial charge in [0.25, 0.3) is 0 Å². The van der Waals surface area contributed by atoms with Crippen LogP contribution in [0.15, 0.2) is 30.8 Å². The first kappa shape index (κ1) is 15.4. The predicted octanol–water partition coefficient (Wildman–Crippen LogP) is 4.74. The fraction of sp³-hybridized carbons (Fsp3) is 0.412. The van der Waals surface area contributed by atoms with E-state index in [1.165, 1.54) is 17.3 Å². The molecule has 1 aromatic rings. The molecule has 0 fully saturated rings. The maximum atomic E-state index is 7.65. The molecular weight excluding hydrogens is 232 g/mol. The molecule has 0 radical (unpaired) electrons. The van der Waals surface area contributed by atoms with Gasteiger partial charge in [-0.05, 0) is 62.8 Å². The molecule has 1 unspecified atom stereocenters. The minimum absolute atomic E-state index is 0.467. The maximum Gasteiger partial charge on any atom is 0.00611 e. The van der Waals surface area contributed by atoms with E-state index < -0.39 is 0 Å². The monoisotopic (exact) mass is 256 g/mol. The molecule has 0 heterocycles. The summed E-state index contributed by atoms with van der Waals surface area (Å²) in [6.07, 6.45) is 5.08. The molecule has 1 atom stereocenters. The average molecular weight is 256 g/mol.